The van der Waals surface area contributed by atoms with Crippen LogP contribution in [0.25, 0.3) is 0 Å². The molecule has 0 radical (unpaired) electrons. The first-order valence-corrected chi connectivity index (χ1v) is 11.7. The number of nitrogens with zero attached hydrogens (tertiary/aromatic N) is 4. The van der Waals surface area contributed by atoms with Gasteiger partial charge in [0, 0.05) is 28.2 Å². The molecule has 4 nitrogen and oxygen atoms in total. The molecule has 3 aromatic carbocycles. The van der Waals surface area contributed by atoms with Gasteiger partial charge in [-0.2, -0.15) is 0 Å². The summed E-state index contributed by atoms with van der Waals surface area (Å²) in [6.45, 7) is 4.06. The quantitative estimate of drug-likeness (QED) is 0.335. The number of hydrogen-bond donors (Lipinski definition) is 0. The van der Waals surface area contributed by atoms with Gasteiger partial charge in [-0.3, -0.25) is 0 Å². The second kappa shape index (κ2) is 10.4. The van der Waals surface area contributed by atoms with E-state index in [0.717, 1.165) is 23.0 Å². The van der Waals surface area contributed by atoms with Gasteiger partial charge in [0.25, 0.3) is 0 Å². The fourth-order valence-electron chi connectivity index (χ4n) is 3.00. The molecule has 0 spiro atoms. The third-order valence-electron chi connectivity index (χ3n) is 5.07. The lowest BCUT2D eigenvalue weighted by atomic mass is 10.3. The molecule has 5 heteroatoms. The molecule has 0 fully saturated rings. The highest BCUT2D eigenvalue weighted by Gasteiger charge is 2.17. The van der Waals surface area contributed by atoms with E-state index in [1.54, 1.807) is 0 Å². The molecule has 0 unspecified atom stereocenters. The number of amidine groups is 2. The molecular weight excluding hydrogens is 399 g/mol. The molecule has 0 saturated carbocycles. The minimum Gasteiger partial charge on any atom is -0.366 e. The van der Waals surface area contributed by atoms with Gasteiger partial charge in [0.05, 0.1) is 11.4 Å². The Morgan fingerprint density at radius 1 is 0.581 bits per heavy atom. The van der Waals surface area contributed by atoms with E-state index in [9.17, 15) is 0 Å². The molecule has 0 atom stereocenters. The highest BCUT2D eigenvalue weighted by Crippen LogP contribution is 2.35. The molecule has 0 aliphatic rings. The molecule has 0 aliphatic carbocycles. The van der Waals surface area contributed by atoms with Gasteiger partial charge in [0.1, 0.15) is 11.7 Å². The van der Waals surface area contributed by atoms with Crippen molar-refractivity contribution in [2.75, 3.05) is 28.2 Å². The number of hydrogen-bond acceptors (Lipinski definition) is 2. The van der Waals surface area contributed by atoms with E-state index in [1.807, 2.05) is 51.8 Å². The van der Waals surface area contributed by atoms with Crippen molar-refractivity contribution in [1.82, 2.24) is 9.80 Å². The maximum absolute atomic E-state index is 4.79. The first-order chi connectivity index (χ1) is 14.8. The maximum Gasteiger partial charge on any atom is 0.101 e. The fraction of sp³-hybridized carbons (Fsp3) is 0.231. The molecule has 0 bridgehead atoms. The first-order valence-electron chi connectivity index (χ1n) is 10.4. The number of aliphatic imine (C=N–C) groups is 2. The van der Waals surface area contributed by atoms with Gasteiger partial charge < -0.3 is 9.80 Å². The molecule has 31 heavy (non-hydrogen) atoms. The summed E-state index contributed by atoms with van der Waals surface area (Å²) in [4.78, 5) is 13.6. The largest absolute Gasteiger partial charge is 0.366 e. The smallest absolute Gasteiger partial charge is 0.101 e. The molecule has 0 aliphatic heterocycles. The third kappa shape index (κ3) is 6.02. The van der Waals surface area contributed by atoms with Crippen LogP contribution >= 0.6 is 7.92 Å². The van der Waals surface area contributed by atoms with Crippen LogP contribution in [0.4, 0.5) is 11.4 Å². The molecule has 160 valence electrons. The Hall–Kier alpha value is -2.97. The topological polar surface area (TPSA) is 31.2 Å². The van der Waals surface area contributed by atoms with Crippen LogP contribution in [0.2, 0.25) is 0 Å². The van der Waals surface area contributed by atoms with Crippen molar-refractivity contribution in [3.63, 3.8) is 0 Å². The van der Waals surface area contributed by atoms with E-state index in [4.69, 9.17) is 9.98 Å². The SMILES string of the molecule is CC(=Nc1cccc(P(c2ccccc2)c2cccc(N=C(C)N(C)C)c2)c1)N(C)C. The van der Waals surface area contributed by atoms with Crippen LogP contribution in [0.1, 0.15) is 13.8 Å². The van der Waals surface area contributed by atoms with Crippen LogP contribution < -0.4 is 15.9 Å². The third-order valence-corrected chi connectivity index (χ3v) is 7.47. The lowest BCUT2D eigenvalue weighted by Crippen LogP contribution is -2.21. The van der Waals surface area contributed by atoms with Crippen molar-refractivity contribution in [3.8, 4) is 0 Å². The average molecular weight is 431 g/mol. The zero-order valence-electron chi connectivity index (χ0n) is 19.2. The van der Waals surface area contributed by atoms with Crippen molar-refractivity contribution in [1.29, 1.82) is 0 Å². The van der Waals surface area contributed by atoms with Crippen molar-refractivity contribution < 1.29 is 0 Å². The van der Waals surface area contributed by atoms with Gasteiger partial charge in [-0.05, 0) is 61.9 Å². The van der Waals surface area contributed by atoms with Crippen molar-refractivity contribution in [3.05, 3.63) is 78.9 Å². The van der Waals surface area contributed by atoms with Crippen LogP contribution in [0.3, 0.4) is 0 Å². The van der Waals surface area contributed by atoms with Crippen LogP contribution in [-0.4, -0.2) is 49.7 Å². The van der Waals surface area contributed by atoms with Gasteiger partial charge in [-0.15, -0.1) is 0 Å². The average Bonchev–Trinajstić information content (AvgIpc) is 2.75. The summed E-state index contributed by atoms with van der Waals surface area (Å²) in [6, 6.07) is 27.9. The predicted molar refractivity (Wildman–Crippen MR) is 138 cm³/mol. The Morgan fingerprint density at radius 2 is 1.00 bits per heavy atom. The molecular formula is C26H31N4P. The Morgan fingerprint density at radius 3 is 1.42 bits per heavy atom. The highest BCUT2D eigenvalue weighted by atomic mass is 31.1. The van der Waals surface area contributed by atoms with E-state index >= 15 is 0 Å². The Labute approximate surface area is 187 Å². The zero-order chi connectivity index (χ0) is 22.4. The lowest BCUT2D eigenvalue weighted by molar-refractivity contribution is 0.619. The second-order valence-corrected chi connectivity index (χ2v) is 10.0. The summed E-state index contributed by atoms with van der Waals surface area (Å²) in [6.07, 6.45) is 0. The maximum atomic E-state index is 4.79. The Kier molecular flexibility index (Phi) is 7.59. The van der Waals surface area contributed by atoms with Crippen molar-refractivity contribution >= 4 is 46.9 Å². The van der Waals surface area contributed by atoms with Crippen LogP contribution in [0.5, 0.6) is 0 Å². The first kappa shape index (κ1) is 22.7. The van der Waals surface area contributed by atoms with Gasteiger partial charge in [-0.1, -0.05) is 54.6 Å². The van der Waals surface area contributed by atoms with E-state index in [0.29, 0.717) is 0 Å². The molecule has 0 aromatic heterocycles. The van der Waals surface area contributed by atoms with E-state index in [-0.39, 0.29) is 0 Å². The summed E-state index contributed by atoms with van der Waals surface area (Å²) in [5, 5.41) is 3.87. The highest BCUT2D eigenvalue weighted by molar-refractivity contribution is 7.79. The summed E-state index contributed by atoms with van der Waals surface area (Å²) >= 11 is 0. The number of rotatable bonds is 5. The normalized spacial score (nSPS) is 13.1. The van der Waals surface area contributed by atoms with Crippen molar-refractivity contribution in [2.24, 2.45) is 9.98 Å². The standard InChI is InChI=1S/C26H31N4P/c1-20(29(3)4)27-22-12-10-16-25(18-22)31(24-14-8-7-9-15-24)26-17-11-13-23(19-26)28-21(2)30(5)6/h7-19H,1-6H3. The lowest BCUT2D eigenvalue weighted by Gasteiger charge is -2.20. The molecule has 3 rings (SSSR count). The van der Waals surface area contributed by atoms with Crippen LogP contribution in [0.15, 0.2) is 88.8 Å². The Bertz CT molecular complexity index is 1000. The van der Waals surface area contributed by atoms with Crippen LogP contribution in [-0.2, 0) is 0 Å². The molecule has 3 aromatic rings. The summed E-state index contributed by atoms with van der Waals surface area (Å²) in [5.74, 6) is 1.97. The van der Waals surface area contributed by atoms with E-state index in [2.05, 4.69) is 78.9 Å². The fourth-order valence-corrected chi connectivity index (χ4v) is 5.36. The second-order valence-electron chi connectivity index (χ2n) is 7.82. The van der Waals surface area contributed by atoms with Gasteiger partial charge in [0.2, 0.25) is 0 Å². The summed E-state index contributed by atoms with van der Waals surface area (Å²) < 4.78 is 0. The van der Waals surface area contributed by atoms with E-state index in [1.165, 1.54) is 15.9 Å². The number of benzene rings is 3. The molecule has 0 heterocycles. The summed E-state index contributed by atoms with van der Waals surface area (Å²) in [7, 11) is 7.34. The minimum absolute atomic E-state index is 0.725. The molecule has 0 saturated heterocycles. The molecule has 0 amide bonds. The van der Waals surface area contributed by atoms with Crippen LogP contribution in [0, 0.1) is 0 Å². The zero-order valence-corrected chi connectivity index (χ0v) is 20.1. The van der Waals surface area contributed by atoms with Gasteiger partial charge in [-0.25, -0.2) is 9.98 Å². The Balaban J connectivity index is 2.10. The van der Waals surface area contributed by atoms with Gasteiger partial charge >= 0.3 is 0 Å². The monoisotopic (exact) mass is 430 g/mol. The van der Waals surface area contributed by atoms with Crippen molar-refractivity contribution in [2.45, 2.75) is 13.8 Å². The minimum atomic E-state index is -0.725. The predicted octanol–water partition coefficient (Wildman–Crippen LogP) is 4.67. The molecule has 0 N–H and O–H groups in total. The van der Waals surface area contributed by atoms with Gasteiger partial charge in [0.15, 0.2) is 0 Å². The van der Waals surface area contributed by atoms with E-state index < -0.39 is 7.92 Å². The summed E-state index contributed by atoms with van der Waals surface area (Å²) in [5.41, 5.74) is 1.95.